The topological polar surface area (TPSA) is 62.3 Å². The van der Waals surface area contributed by atoms with Crippen molar-refractivity contribution >= 4 is 17.4 Å². The first kappa shape index (κ1) is 12.6. The predicted octanol–water partition coefficient (Wildman–Crippen LogP) is 2.55. The highest BCUT2D eigenvalue weighted by Crippen LogP contribution is 2.19. The van der Waals surface area contributed by atoms with Gasteiger partial charge in [0.15, 0.2) is 12.5 Å². The fourth-order valence-corrected chi connectivity index (χ4v) is 1.57. The molecular weight excluding hydrogens is 254 g/mol. The summed E-state index contributed by atoms with van der Waals surface area (Å²) in [5.41, 5.74) is 5.53. The highest BCUT2D eigenvalue weighted by molar-refractivity contribution is 6.32. The molecule has 2 aromatic rings. The van der Waals surface area contributed by atoms with Crippen LogP contribution in [-0.4, -0.2) is 16.4 Å². The molecule has 0 saturated heterocycles. The van der Waals surface area contributed by atoms with E-state index >= 15 is 0 Å². The maximum atomic E-state index is 5.79. The molecule has 6 heteroatoms. The summed E-state index contributed by atoms with van der Waals surface area (Å²) in [5.74, 6) is 1.84. The van der Waals surface area contributed by atoms with Gasteiger partial charge in [0.1, 0.15) is 16.5 Å². The Morgan fingerprint density at radius 1 is 1.22 bits per heavy atom. The second-order valence-electron chi connectivity index (χ2n) is 3.58. The van der Waals surface area contributed by atoms with Crippen LogP contribution in [0.15, 0.2) is 30.5 Å². The first-order chi connectivity index (χ1) is 8.69. The Kier molecular flexibility index (Phi) is 3.94. The van der Waals surface area contributed by atoms with Gasteiger partial charge in [-0.25, -0.2) is 4.68 Å². The van der Waals surface area contributed by atoms with Crippen LogP contribution in [0.5, 0.6) is 11.5 Å². The molecule has 2 rings (SSSR count). The van der Waals surface area contributed by atoms with Crippen molar-refractivity contribution in [2.75, 3.05) is 12.3 Å². The van der Waals surface area contributed by atoms with E-state index in [2.05, 4.69) is 5.10 Å². The van der Waals surface area contributed by atoms with Gasteiger partial charge in [-0.1, -0.05) is 11.6 Å². The number of nitrogen functional groups attached to an aromatic ring is 1. The highest BCUT2D eigenvalue weighted by atomic mass is 35.5. The van der Waals surface area contributed by atoms with E-state index < -0.39 is 0 Å². The third-order valence-electron chi connectivity index (χ3n) is 2.24. The van der Waals surface area contributed by atoms with Crippen LogP contribution in [-0.2, 0) is 6.73 Å². The zero-order valence-electron chi connectivity index (χ0n) is 9.97. The molecule has 5 nitrogen and oxygen atoms in total. The van der Waals surface area contributed by atoms with Gasteiger partial charge in [0, 0.05) is 6.20 Å². The Balaban J connectivity index is 1.93. The summed E-state index contributed by atoms with van der Waals surface area (Å²) in [4.78, 5) is 0. The molecular formula is C12H14ClN3O2. The lowest BCUT2D eigenvalue weighted by atomic mass is 10.3. The van der Waals surface area contributed by atoms with E-state index in [1.807, 2.05) is 31.2 Å². The molecule has 1 aromatic carbocycles. The summed E-state index contributed by atoms with van der Waals surface area (Å²) in [6.07, 6.45) is 1.62. The quantitative estimate of drug-likeness (QED) is 0.904. The second-order valence-corrected chi connectivity index (χ2v) is 3.99. The Morgan fingerprint density at radius 2 is 1.83 bits per heavy atom. The van der Waals surface area contributed by atoms with E-state index in [-0.39, 0.29) is 6.73 Å². The van der Waals surface area contributed by atoms with Crippen LogP contribution in [0.4, 0.5) is 5.82 Å². The fraction of sp³-hybridized carbons (Fsp3) is 0.250. The lowest BCUT2D eigenvalue weighted by molar-refractivity contribution is 0.221. The van der Waals surface area contributed by atoms with Gasteiger partial charge in [-0.3, -0.25) is 0 Å². The number of nitrogens with zero attached hydrogens (tertiary/aromatic N) is 2. The SMILES string of the molecule is CCOc1ccc(OCn2cc(Cl)c(N)n2)cc1. The molecule has 0 unspecified atom stereocenters. The molecule has 96 valence electrons. The van der Waals surface area contributed by atoms with Crippen LogP contribution in [0, 0.1) is 0 Å². The van der Waals surface area contributed by atoms with Crippen molar-refractivity contribution in [1.29, 1.82) is 0 Å². The maximum Gasteiger partial charge on any atom is 0.181 e. The Labute approximate surface area is 110 Å². The molecule has 0 amide bonds. The molecule has 1 aromatic heterocycles. The smallest absolute Gasteiger partial charge is 0.181 e. The maximum absolute atomic E-state index is 5.79. The van der Waals surface area contributed by atoms with E-state index in [0.29, 0.717) is 17.4 Å². The minimum atomic E-state index is 0.255. The minimum absolute atomic E-state index is 0.255. The van der Waals surface area contributed by atoms with E-state index in [0.717, 1.165) is 11.5 Å². The third kappa shape index (κ3) is 3.07. The molecule has 0 aliphatic rings. The van der Waals surface area contributed by atoms with E-state index in [1.54, 1.807) is 6.20 Å². The molecule has 0 fully saturated rings. The summed E-state index contributed by atoms with van der Waals surface area (Å²) in [6, 6.07) is 7.37. The molecule has 0 radical (unpaired) electrons. The molecule has 0 aliphatic heterocycles. The third-order valence-corrected chi connectivity index (χ3v) is 2.53. The molecule has 0 atom stereocenters. The monoisotopic (exact) mass is 267 g/mol. The van der Waals surface area contributed by atoms with Crippen molar-refractivity contribution in [3.63, 3.8) is 0 Å². The molecule has 1 heterocycles. The number of hydrogen-bond acceptors (Lipinski definition) is 4. The average molecular weight is 268 g/mol. The number of rotatable bonds is 5. The van der Waals surface area contributed by atoms with Gasteiger partial charge < -0.3 is 15.2 Å². The van der Waals surface area contributed by atoms with Crippen LogP contribution in [0.1, 0.15) is 6.92 Å². The molecule has 2 N–H and O–H groups in total. The molecule has 0 aliphatic carbocycles. The van der Waals surface area contributed by atoms with Gasteiger partial charge in [-0.15, -0.1) is 0 Å². The van der Waals surface area contributed by atoms with Crippen molar-refractivity contribution < 1.29 is 9.47 Å². The first-order valence-corrected chi connectivity index (χ1v) is 5.91. The number of benzene rings is 1. The number of aromatic nitrogens is 2. The van der Waals surface area contributed by atoms with Crippen molar-refractivity contribution in [3.05, 3.63) is 35.5 Å². The van der Waals surface area contributed by atoms with Gasteiger partial charge in [-0.05, 0) is 31.2 Å². The average Bonchev–Trinajstić information content (AvgIpc) is 2.68. The Morgan fingerprint density at radius 3 is 2.33 bits per heavy atom. The second kappa shape index (κ2) is 5.64. The van der Waals surface area contributed by atoms with Crippen molar-refractivity contribution in [3.8, 4) is 11.5 Å². The Bertz CT molecular complexity index is 491. The van der Waals surface area contributed by atoms with Crippen molar-refractivity contribution in [2.45, 2.75) is 13.7 Å². The van der Waals surface area contributed by atoms with E-state index in [9.17, 15) is 0 Å². The number of ether oxygens (including phenoxy) is 2. The number of nitrogens with two attached hydrogens (primary N) is 1. The molecule has 0 bridgehead atoms. The summed E-state index contributed by atoms with van der Waals surface area (Å²) < 4.78 is 12.4. The number of hydrogen-bond donors (Lipinski definition) is 1. The lowest BCUT2D eigenvalue weighted by Gasteiger charge is -2.07. The number of halogens is 1. The van der Waals surface area contributed by atoms with Crippen LogP contribution >= 0.6 is 11.6 Å². The van der Waals surface area contributed by atoms with E-state index in [1.165, 1.54) is 4.68 Å². The highest BCUT2D eigenvalue weighted by Gasteiger charge is 2.03. The summed E-state index contributed by atoms with van der Waals surface area (Å²) in [6.45, 7) is 2.84. The normalized spacial score (nSPS) is 10.3. The van der Waals surface area contributed by atoms with Crippen molar-refractivity contribution in [2.24, 2.45) is 0 Å². The number of anilines is 1. The van der Waals surface area contributed by atoms with Crippen molar-refractivity contribution in [1.82, 2.24) is 9.78 Å². The van der Waals surface area contributed by atoms with Gasteiger partial charge >= 0.3 is 0 Å². The molecule has 18 heavy (non-hydrogen) atoms. The van der Waals surface area contributed by atoms with Crippen LogP contribution < -0.4 is 15.2 Å². The first-order valence-electron chi connectivity index (χ1n) is 5.53. The summed E-state index contributed by atoms with van der Waals surface area (Å²) in [5, 5.41) is 4.41. The summed E-state index contributed by atoms with van der Waals surface area (Å²) in [7, 11) is 0. The molecule has 0 saturated carbocycles. The van der Waals surface area contributed by atoms with E-state index in [4.69, 9.17) is 26.8 Å². The largest absolute Gasteiger partial charge is 0.494 e. The van der Waals surface area contributed by atoms with Gasteiger partial charge in [0.2, 0.25) is 0 Å². The fourth-order valence-electron chi connectivity index (χ4n) is 1.42. The standard InChI is InChI=1S/C12H14ClN3O2/c1-2-17-9-3-5-10(6-4-9)18-8-16-7-11(13)12(14)15-16/h3-7H,2,8H2,1H3,(H2,14,15). The van der Waals surface area contributed by atoms with Gasteiger partial charge in [0.05, 0.1) is 6.61 Å². The zero-order valence-corrected chi connectivity index (χ0v) is 10.7. The summed E-state index contributed by atoms with van der Waals surface area (Å²) >= 11 is 5.79. The zero-order chi connectivity index (χ0) is 13.0. The molecule has 0 spiro atoms. The van der Waals surface area contributed by atoms with Gasteiger partial charge in [-0.2, -0.15) is 5.10 Å². The predicted molar refractivity (Wildman–Crippen MR) is 69.9 cm³/mol. The van der Waals surface area contributed by atoms with Crippen LogP contribution in [0.3, 0.4) is 0 Å². The minimum Gasteiger partial charge on any atom is -0.494 e. The lowest BCUT2D eigenvalue weighted by Crippen LogP contribution is -2.06. The van der Waals surface area contributed by atoms with Crippen LogP contribution in [0.2, 0.25) is 5.02 Å². The van der Waals surface area contributed by atoms with Gasteiger partial charge in [0.25, 0.3) is 0 Å². The van der Waals surface area contributed by atoms with Crippen LogP contribution in [0.25, 0.3) is 0 Å². The Hall–Kier alpha value is -1.88.